The van der Waals surface area contributed by atoms with Crippen LogP contribution in [0, 0.1) is 13.8 Å². The summed E-state index contributed by atoms with van der Waals surface area (Å²) in [4.78, 5) is 19.1. The third-order valence-electron chi connectivity index (χ3n) is 8.24. The molecule has 0 amide bonds. The van der Waals surface area contributed by atoms with Gasteiger partial charge in [0.1, 0.15) is 0 Å². The highest BCUT2D eigenvalue weighted by Gasteiger charge is 2.34. The van der Waals surface area contributed by atoms with Crippen molar-refractivity contribution in [1.82, 2.24) is 14.5 Å². The van der Waals surface area contributed by atoms with Crippen LogP contribution in [0.1, 0.15) is 73.7 Å². The van der Waals surface area contributed by atoms with Gasteiger partial charge in [-0.1, -0.05) is 51.2 Å². The Balaban J connectivity index is 1.09. The summed E-state index contributed by atoms with van der Waals surface area (Å²) in [6.07, 6.45) is 4.01. The number of nitrogens with one attached hydrogen (secondary N) is 2. The van der Waals surface area contributed by atoms with E-state index in [0.29, 0.717) is 11.5 Å². The van der Waals surface area contributed by atoms with Gasteiger partial charge < -0.3 is 14.9 Å². The average molecular weight is 609 g/mol. The van der Waals surface area contributed by atoms with Gasteiger partial charge >= 0.3 is 6.18 Å². The normalized spacial score (nSPS) is 12.0. The highest BCUT2D eigenvalue weighted by molar-refractivity contribution is 7.09. The quantitative estimate of drug-likeness (QED) is 0.131. The van der Waals surface area contributed by atoms with Gasteiger partial charge in [0, 0.05) is 63.3 Å². The smallest absolute Gasteiger partial charge is 0.385 e. The van der Waals surface area contributed by atoms with Crippen LogP contribution in [-0.2, 0) is 19.1 Å². The molecule has 0 radical (unpaired) electrons. The third kappa shape index (κ3) is 6.98. The van der Waals surface area contributed by atoms with E-state index in [-0.39, 0.29) is 10.9 Å². The standard InChI is InChI=1S/C34H39F3N4OS/c1-4-29-22(2)32-30(17-16-27-33(32)26(34(35,36)37)20-31(42)40-27)41(29)19-11-9-7-5-6-8-10-18-38-25-14-12-24(13-15-25)28-21-43-23(3)39-28/h12-17,20-21,38H,4-11,18-19H2,1-3H3,(H,40,42). The summed E-state index contributed by atoms with van der Waals surface area (Å²) in [5, 5.41) is 7.36. The maximum Gasteiger partial charge on any atom is 0.417 e. The molecule has 0 unspecified atom stereocenters. The number of fused-ring (bicyclic) bond motifs is 3. The number of aryl methyl sites for hydroxylation is 3. The van der Waals surface area contributed by atoms with Gasteiger partial charge in [-0.2, -0.15) is 13.2 Å². The molecule has 3 aromatic heterocycles. The Labute approximate surface area is 254 Å². The summed E-state index contributed by atoms with van der Waals surface area (Å²) in [7, 11) is 0. The number of alkyl halides is 3. The fourth-order valence-corrected chi connectivity index (χ4v) is 6.77. The van der Waals surface area contributed by atoms with Gasteiger partial charge in [0.2, 0.25) is 5.56 Å². The van der Waals surface area contributed by atoms with Crippen molar-refractivity contribution in [3.05, 3.63) is 80.0 Å². The molecule has 43 heavy (non-hydrogen) atoms. The van der Waals surface area contributed by atoms with Crippen LogP contribution < -0.4 is 10.9 Å². The number of rotatable bonds is 13. The van der Waals surface area contributed by atoms with Crippen molar-refractivity contribution in [2.45, 2.75) is 84.9 Å². The first-order valence-corrected chi connectivity index (χ1v) is 16.1. The summed E-state index contributed by atoms with van der Waals surface area (Å²) in [5.41, 5.74) is 4.65. The largest absolute Gasteiger partial charge is 0.417 e. The van der Waals surface area contributed by atoms with Crippen molar-refractivity contribution >= 4 is 38.8 Å². The predicted molar refractivity (Wildman–Crippen MR) is 172 cm³/mol. The fraction of sp³-hybridized carbons (Fsp3) is 0.412. The lowest BCUT2D eigenvalue weighted by Gasteiger charge is -2.12. The maximum absolute atomic E-state index is 13.9. The van der Waals surface area contributed by atoms with Gasteiger partial charge in [0.25, 0.3) is 0 Å². The van der Waals surface area contributed by atoms with E-state index in [0.717, 1.165) is 83.9 Å². The zero-order valence-corrected chi connectivity index (χ0v) is 25.9. The van der Waals surface area contributed by atoms with Crippen LogP contribution in [-0.4, -0.2) is 21.1 Å². The van der Waals surface area contributed by atoms with Gasteiger partial charge in [0.05, 0.1) is 16.3 Å². The van der Waals surface area contributed by atoms with E-state index < -0.39 is 17.3 Å². The van der Waals surface area contributed by atoms with Crippen LogP contribution in [0.15, 0.2) is 52.6 Å². The molecule has 9 heteroatoms. The van der Waals surface area contributed by atoms with E-state index in [1.807, 2.05) is 26.8 Å². The molecule has 2 N–H and O–H groups in total. The number of pyridine rings is 1. The number of hydrogen-bond donors (Lipinski definition) is 2. The minimum absolute atomic E-state index is 0.0905. The highest BCUT2D eigenvalue weighted by atomic mass is 32.1. The fourth-order valence-electron chi connectivity index (χ4n) is 6.15. The van der Waals surface area contributed by atoms with E-state index in [1.165, 1.54) is 19.3 Å². The molecule has 0 aliphatic rings. The minimum Gasteiger partial charge on any atom is -0.385 e. The monoisotopic (exact) mass is 608 g/mol. The Hall–Kier alpha value is -3.59. The molecule has 0 saturated heterocycles. The van der Waals surface area contributed by atoms with Crippen LogP contribution >= 0.6 is 11.3 Å². The Morgan fingerprint density at radius 3 is 2.28 bits per heavy atom. The molecule has 2 aromatic carbocycles. The topological polar surface area (TPSA) is 62.7 Å². The summed E-state index contributed by atoms with van der Waals surface area (Å²) < 4.78 is 44.0. The number of nitrogens with zero attached hydrogens (tertiary/aromatic N) is 2. The first-order valence-electron chi connectivity index (χ1n) is 15.2. The molecule has 5 nitrogen and oxygen atoms in total. The molecule has 228 valence electrons. The molecule has 0 spiro atoms. The van der Waals surface area contributed by atoms with Crippen molar-refractivity contribution in [3.63, 3.8) is 0 Å². The first-order chi connectivity index (χ1) is 20.7. The molecule has 0 fully saturated rings. The first kappa shape index (κ1) is 30.9. The number of benzene rings is 2. The number of unbranched alkanes of at least 4 members (excludes halogenated alkanes) is 6. The number of thiazole rings is 1. The van der Waals surface area contributed by atoms with Gasteiger partial charge in [-0.05, 0) is 62.9 Å². The van der Waals surface area contributed by atoms with E-state index >= 15 is 0 Å². The van der Waals surface area contributed by atoms with Crippen molar-refractivity contribution in [1.29, 1.82) is 0 Å². The molecular weight excluding hydrogens is 569 g/mol. The Morgan fingerprint density at radius 2 is 1.63 bits per heavy atom. The second kappa shape index (κ2) is 13.4. The Bertz CT molecular complexity index is 1750. The van der Waals surface area contributed by atoms with Gasteiger partial charge in [0.15, 0.2) is 0 Å². The van der Waals surface area contributed by atoms with E-state index in [9.17, 15) is 18.0 Å². The molecule has 0 aliphatic carbocycles. The molecule has 0 bridgehead atoms. The average Bonchev–Trinajstić information content (AvgIpc) is 3.53. The number of anilines is 1. The molecule has 0 saturated carbocycles. The SMILES string of the molecule is CCc1c(C)c2c3c(C(F)(F)F)cc(=O)[nH]c3ccc2n1CCCCCCCCCNc1ccc(-c2csc(C)n2)cc1. The van der Waals surface area contributed by atoms with Crippen molar-refractivity contribution in [3.8, 4) is 11.3 Å². The summed E-state index contributed by atoms with van der Waals surface area (Å²) in [6.45, 7) is 7.68. The highest BCUT2D eigenvalue weighted by Crippen LogP contribution is 2.40. The molecule has 0 aliphatic heterocycles. The van der Waals surface area contributed by atoms with Crippen LogP contribution in [0.25, 0.3) is 33.1 Å². The Morgan fingerprint density at radius 1 is 0.930 bits per heavy atom. The number of halogens is 3. The molecule has 0 atom stereocenters. The number of aromatic nitrogens is 3. The second-order valence-corrected chi connectivity index (χ2v) is 12.3. The lowest BCUT2D eigenvalue weighted by atomic mass is 10.0. The summed E-state index contributed by atoms with van der Waals surface area (Å²) >= 11 is 1.67. The van der Waals surface area contributed by atoms with Crippen LogP contribution in [0.2, 0.25) is 0 Å². The second-order valence-electron chi connectivity index (χ2n) is 11.2. The molecule has 5 rings (SSSR count). The lowest BCUT2D eigenvalue weighted by Crippen LogP contribution is -2.14. The number of hydrogen-bond acceptors (Lipinski definition) is 4. The van der Waals surface area contributed by atoms with Crippen LogP contribution in [0.3, 0.4) is 0 Å². The van der Waals surface area contributed by atoms with Crippen molar-refractivity contribution in [2.24, 2.45) is 0 Å². The van der Waals surface area contributed by atoms with Crippen LogP contribution in [0.4, 0.5) is 18.9 Å². The third-order valence-corrected chi connectivity index (χ3v) is 9.01. The maximum atomic E-state index is 13.9. The predicted octanol–water partition coefficient (Wildman–Crippen LogP) is 9.65. The number of aromatic amines is 1. The lowest BCUT2D eigenvalue weighted by molar-refractivity contribution is -0.136. The van der Waals surface area contributed by atoms with Gasteiger partial charge in [-0.3, -0.25) is 4.79 Å². The number of H-pyrrole nitrogens is 1. The van der Waals surface area contributed by atoms with E-state index in [2.05, 4.69) is 49.5 Å². The van der Waals surface area contributed by atoms with Crippen LogP contribution in [0.5, 0.6) is 0 Å². The zero-order chi connectivity index (χ0) is 30.6. The van der Waals surface area contributed by atoms with E-state index in [1.54, 1.807) is 17.4 Å². The Kier molecular flexibility index (Phi) is 9.59. The minimum atomic E-state index is -4.61. The zero-order valence-electron chi connectivity index (χ0n) is 25.0. The van der Waals surface area contributed by atoms with E-state index in [4.69, 9.17) is 0 Å². The molecule has 3 heterocycles. The summed E-state index contributed by atoms with van der Waals surface area (Å²) in [6, 6.07) is 12.6. The van der Waals surface area contributed by atoms with Gasteiger partial charge in [-0.25, -0.2) is 4.98 Å². The summed E-state index contributed by atoms with van der Waals surface area (Å²) in [5.74, 6) is 0. The molecule has 5 aromatic rings. The van der Waals surface area contributed by atoms with Gasteiger partial charge in [-0.15, -0.1) is 11.3 Å². The molecular formula is C34H39F3N4OS. The van der Waals surface area contributed by atoms with Crippen molar-refractivity contribution in [2.75, 3.05) is 11.9 Å². The van der Waals surface area contributed by atoms with Crippen molar-refractivity contribution < 1.29 is 13.2 Å².